The van der Waals surface area contributed by atoms with Crippen molar-refractivity contribution in [2.75, 3.05) is 19.8 Å². The molecule has 1 aromatic rings. The highest BCUT2D eigenvalue weighted by atomic mass is 35.5. The molecule has 0 radical (unpaired) electrons. The molecule has 2 rings (SSSR count). The standard InChI is InChI=1S/C21H22ClF3O6/c1-4-29-17(26)15-13(16(22)21(23,24)25)14(12-10-8-7-9-11-12)20(15,18(27)30-5-2)19(28)31-6-3/h7-11,14-15H,4-6H2,1-3H3/b16-13+/t14?,15-/m0/s1. The maximum absolute atomic E-state index is 13.6. The van der Waals surface area contributed by atoms with Gasteiger partial charge in [0, 0.05) is 5.92 Å². The van der Waals surface area contributed by atoms with Crippen LogP contribution in [0.1, 0.15) is 32.3 Å². The van der Waals surface area contributed by atoms with E-state index < -0.39 is 51.9 Å². The van der Waals surface area contributed by atoms with Crippen LogP contribution >= 0.6 is 11.6 Å². The second-order valence-electron chi connectivity index (χ2n) is 6.61. The maximum Gasteiger partial charge on any atom is 0.426 e. The largest absolute Gasteiger partial charge is 0.465 e. The number of hydrogen-bond acceptors (Lipinski definition) is 6. The molecular weight excluding hydrogens is 441 g/mol. The zero-order valence-corrected chi connectivity index (χ0v) is 17.9. The Labute approximate surface area is 182 Å². The summed E-state index contributed by atoms with van der Waals surface area (Å²) in [6.07, 6.45) is -5.02. The quantitative estimate of drug-likeness (QED) is 0.344. The van der Waals surface area contributed by atoms with Gasteiger partial charge in [0.05, 0.1) is 19.8 Å². The van der Waals surface area contributed by atoms with Gasteiger partial charge in [0.1, 0.15) is 11.0 Å². The zero-order valence-electron chi connectivity index (χ0n) is 17.1. The third-order valence-electron chi connectivity index (χ3n) is 4.92. The number of halogens is 4. The minimum atomic E-state index is -5.02. The molecule has 1 aromatic carbocycles. The van der Waals surface area contributed by atoms with Crippen molar-refractivity contribution in [3.05, 3.63) is 46.5 Å². The molecule has 170 valence electrons. The van der Waals surface area contributed by atoms with Crippen LogP contribution in [0.4, 0.5) is 13.2 Å². The Morgan fingerprint density at radius 1 is 0.935 bits per heavy atom. The fourth-order valence-electron chi connectivity index (χ4n) is 3.83. The number of alkyl halides is 3. The average molecular weight is 463 g/mol. The Balaban J connectivity index is 2.90. The number of rotatable bonds is 7. The summed E-state index contributed by atoms with van der Waals surface area (Å²) >= 11 is 5.68. The molecule has 0 aromatic heterocycles. The van der Waals surface area contributed by atoms with E-state index in [0.29, 0.717) is 0 Å². The first-order chi connectivity index (χ1) is 14.6. The number of allylic oxidation sites excluding steroid dienone is 1. The summed E-state index contributed by atoms with van der Waals surface area (Å²) in [6.45, 7) is 3.82. The molecule has 1 aliphatic rings. The molecule has 31 heavy (non-hydrogen) atoms. The van der Waals surface area contributed by atoms with Crippen molar-refractivity contribution in [2.45, 2.75) is 32.9 Å². The Hall–Kier alpha value is -2.55. The average Bonchev–Trinajstić information content (AvgIpc) is 2.68. The lowest BCUT2D eigenvalue weighted by Crippen LogP contribution is -2.64. The van der Waals surface area contributed by atoms with Crippen LogP contribution in [0.3, 0.4) is 0 Å². The smallest absolute Gasteiger partial charge is 0.426 e. The van der Waals surface area contributed by atoms with E-state index in [1.807, 2.05) is 0 Å². The first-order valence-electron chi connectivity index (χ1n) is 9.61. The van der Waals surface area contributed by atoms with E-state index in [1.54, 1.807) is 6.07 Å². The minimum absolute atomic E-state index is 0.168. The number of esters is 3. The first-order valence-corrected chi connectivity index (χ1v) is 9.99. The Morgan fingerprint density at radius 2 is 1.42 bits per heavy atom. The topological polar surface area (TPSA) is 78.9 Å². The lowest BCUT2D eigenvalue weighted by molar-refractivity contribution is -0.191. The fourth-order valence-corrected chi connectivity index (χ4v) is 4.05. The van der Waals surface area contributed by atoms with Crippen LogP contribution in [0.15, 0.2) is 40.9 Å². The maximum atomic E-state index is 13.6. The molecule has 6 nitrogen and oxygen atoms in total. The number of carbonyl (C=O) groups excluding carboxylic acids is 3. The summed E-state index contributed by atoms with van der Waals surface area (Å²) in [5.74, 6) is -7.06. The molecule has 1 unspecified atom stereocenters. The number of hydrogen-bond donors (Lipinski definition) is 0. The van der Waals surface area contributed by atoms with Gasteiger partial charge >= 0.3 is 24.1 Å². The van der Waals surface area contributed by atoms with Gasteiger partial charge in [-0.25, -0.2) is 0 Å². The van der Waals surface area contributed by atoms with Gasteiger partial charge in [-0.2, -0.15) is 13.2 Å². The number of carbonyl (C=O) groups is 3. The van der Waals surface area contributed by atoms with E-state index in [4.69, 9.17) is 25.8 Å². The molecule has 0 spiro atoms. The Kier molecular flexibility index (Phi) is 7.75. The van der Waals surface area contributed by atoms with Crippen LogP contribution in [0, 0.1) is 11.3 Å². The normalized spacial score (nSPS) is 21.5. The Morgan fingerprint density at radius 3 is 1.84 bits per heavy atom. The monoisotopic (exact) mass is 462 g/mol. The van der Waals surface area contributed by atoms with Gasteiger partial charge in [-0.05, 0) is 31.9 Å². The van der Waals surface area contributed by atoms with Gasteiger partial charge in [-0.15, -0.1) is 0 Å². The number of benzene rings is 1. The van der Waals surface area contributed by atoms with Crippen molar-refractivity contribution in [1.82, 2.24) is 0 Å². The molecule has 0 N–H and O–H groups in total. The summed E-state index contributed by atoms with van der Waals surface area (Å²) in [5, 5.41) is -1.59. The van der Waals surface area contributed by atoms with Crippen LogP contribution in [0.25, 0.3) is 0 Å². The van der Waals surface area contributed by atoms with Gasteiger partial charge in [0.25, 0.3) is 0 Å². The molecule has 2 atom stereocenters. The molecular formula is C21H22ClF3O6. The minimum Gasteiger partial charge on any atom is -0.465 e. The summed E-state index contributed by atoms with van der Waals surface area (Å²) in [6, 6.07) is 7.51. The van der Waals surface area contributed by atoms with Gasteiger partial charge < -0.3 is 14.2 Å². The highest BCUT2D eigenvalue weighted by Crippen LogP contribution is 2.65. The lowest BCUT2D eigenvalue weighted by Gasteiger charge is -2.52. The second kappa shape index (κ2) is 9.72. The second-order valence-corrected chi connectivity index (χ2v) is 6.98. The van der Waals surface area contributed by atoms with Crippen LogP contribution in [0.2, 0.25) is 0 Å². The highest BCUT2D eigenvalue weighted by molar-refractivity contribution is 6.31. The molecule has 1 fully saturated rings. The van der Waals surface area contributed by atoms with Crippen LogP contribution in [-0.4, -0.2) is 43.9 Å². The molecule has 0 bridgehead atoms. The van der Waals surface area contributed by atoms with E-state index in [1.165, 1.54) is 45.0 Å². The van der Waals surface area contributed by atoms with Crippen molar-refractivity contribution in [3.8, 4) is 0 Å². The fraction of sp³-hybridized carbons (Fsp3) is 0.476. The van der Waals surface area contributed by atoms with E-state index in [0.717, 1.165) is 0 Å². The third kappa shape index (κ3) is 4.28. The molecule has 0 amide bonds. The van der Waals surface area contributed by atoms with Crippen molar-refractivity contribution in [2.24, 2.45) is 11.3 Å². The Bertz CT molecular complexity index is 848. The molecule has 0 heterocycles. The SMILES string of the molecule is CCOC(=O)[C@@H]1/C(=C(/Cl)C(F)(F)F)C(c2ccccc2)C1(C(=O)OCC)C(=O)OCC. The van der Waals surface area contributed by atoms with Crippen LogP contribution in [0.5, 0.6) is 0 Å². The van der Waals surface area contributed by atoms with E-state index in [2.05, 4.69) is 0 Å². The molecule has 1 saturated carbocycles. The predicted molar refractivity (Wildman–Crippen MR) is 104 cm³/mol. The molecule has 1 aliphatic carbocycles. The van der Waals surface area contributed by atoms with Gasteiger partial charge in [0.15, 0.2) is 5.41 Å². The molecule has 0 saturated heterocycles. The van der Waals surface area contributed by atoms with Crippen LogP contribution < -0.4 is 0 Å². The van der Waals surface area contributed by atoms with E-state index in [9.17, 15) is 27.6 Å². The van der Waals surface area contributed by atoms with Crippen molar-refractivity contribution in [3.63, 3.8) is 0 Å². The van der Waals surface area contributed by atoms with Crippen molar-refractivity contribution < 1.29 is 41.8 Å². The van der Waals surface area contributed by atoms with Crippen molar-refractivity contribution >= 4 is 29.5 Å². The summed E-state index contributed by atoms with van der Waals surface area (Å²) in [5.41, 5.74) is -2.89. The summed E-state index contributed by atoms with van der Waals surface area (Å²) in [7, 11) is 0. The summed E-state index contributed by atoms with van der Waals surface area (Å²) < 4.78 is 55.8. The predicted octanol–water partition coefficient (Wildman–Crippen LogP) is 4.13. The lowest BCUT2D eigenvalue weighted by atomic mass is 9.47. The van der Waals surface area contributed by atoms with Gasteiger partial charge in [0.2, 0.25) is 0 Å². The van der Waals surface area contributed by atoms with E-state index >= 15 is 0 Å². The first kappa shape index (κ1) is 24.7. The summed E-state index contributed by atoms with van der Waals surface area (Å²) in [4.78, 5) is 39.0. The van der Waals surface area contributed by atoms with Crippen LogP contribution in [-0.2, 0) is 28.6 Å². The molecule has 0 aliphatic heterocycles. The highest BCUT2D eigenvalue weighted by Gasteiger charge is 2.75. The third-order valence-corrected chi connectivity index (χ3v) is 5.35. The number of ether oxygens (including phenoxy) is 3. The van der Waals surface area contributed by atoms with E-state index in [-0.39, 0.29) is 25.4 Å². The van der Waals surface area contributed by atoms with Gasteiger partial charge in [-0.3, -0.25) is 14.4 Å². The van der Waals surface area contributed by atoms with Gasteiger partial charge in [-0.1, -0.05) is 41.9 Å². The zero-order chi connectivity index (χ0) is 23.4. The van der Waals surface area contributed by atoms with Crippen molar-refractivity contribution in [1.29, 1.82) is 0 Å². The molecule has 10 heteroatoms.